The summed E-state index contributed by atoms with van der Waals surface area (Å²) < 4.78 is 11.0. The van der Waals surface area contributed by atoms with Crippen molar-refractivity contribution in [2.24, 2.45) is 10.9 Å². The lowest BCUT2D eigenvalue weighted by molar-refractivity contribution is 0.291. The van der Waals surface area contributed by atoms with Crippen LogP contribution in [0.25, 0.3) is 0 Å². The smallest absolute Gasteiger partial charge is 0.216 e. The highest BCUT2D eigenvalue weighted by Gasteiger charge is 2.24. The number of ether oxygens (including phenoxy) is 2. The van der Waals surface area contributed by atoms with Gasteiger partial charge in [-0.05, 0) is 25.0 Å². The number of rotatable bonds is 3. The zero-order valence-corrected chi connectivity index (χ0v) is 10.9. The highest BCUT2D eigenvalue weighted by molar-refractivity contribution is 5.97. The normalized spacial score (nSPS) is 19.1. The summed E-state index contributed by atoms with van der Waals surface area (Å²) in [5.74, 6) is 2.14. The molecule has 0 unspecified atom stereocenters. The predicted octanol–water partition coefficient (Wildman–Crippen LogP) is 2.81. The Balaban J connectivity index is 2.33. The Morgan fingerprint density at radius 1 is 1.41 bits per heavy atom. The topological polar surface area (TPSA) is 30.8 Å². The predicted molar refractivity (Wildman–Crippen MR) is 68.8 cm³/mol. The molecule has 1 aromatic rings. The van der Waals surface area contributed by atoms with Gasteiger partial charge in [-0.25, -0.2) is 4.99 Å². The maximum Gasteiger partial charge on any atom is 0.216 e. The third-order valence-corrected chi connectivity index (χ3v) is 3.18. The molecule has 17 heavy (non-hydrogen) atoms. The van der Waals surface area contributed by atoms with Crippen LogP contribution >= 0.6 is 0 Å². The van der Waals surface area contributed by atoms with Gasteiger partial charge in [0.25, 0.3) is 0 Å². The van der Waals surface area contributed by atoms with Crippen LogP contribution in [-0.2, 0) is 4.74 Å². The largest absolute Gasteiger partial charge is 0.496 e. The van der Waals surface area contributed by atoms with E-state index in [1.54, 1.807) is 7.11 Å². The molecule has 0 amide bonds. The zero-order valence-electron chi connectivity index (χ0n) is 10.9. The highest BCUT2D eigenvalue weighted by atomic mass is 16.5. The number of hydrogen-bond acceptors (Lipinski definition) is 3. The van der Waals surface area contributed by atoms with Crippen molar-refractivity contribution >= 4 is 5.90 Å². The van der Waals surface area contributed by atoms with Gasteiger partial charge in [0.05, 0.1) is 13.2 Å². The molecule has 1 aliphatic heterocycles. The Bertz CT molecular complexity index is 438. The SMILES string of the molecule is COc1cccc(C2=N[C@@H](C(C)C)CO2)c1C. The van der Waals surface area contributed by atoms with Crippen LogP contribution in [0.2, 0.25) is 0 Å². The maximum absolute atomic E-state index is 5.69. The lowest BCUT2D eigenvalue weighted by Crippen LogP contribution is -2.13. The third-order valence-electron chi connectivity index (χ3n) is 3.18. The molecule has 1 aromatic carbocycles. The first-order valence-electron chi connectivity index (χ1n) is 5.98. The molecule has 1 aliphatic rings. The first kappa shape index (κ1) is 12.0. The fourth-order valence-electron chi connectivity index (χ4n) is 1.95. The van der Waals surface area contributed by atoms with Crippen molar-refractivity contribution in [1.29, 1.82) is 0 Å². The minimum atomic E-state index is 0.274. The standard InChI is InChI=1S/C14H19NO2/c1-9(2)12-8-17-14(15-12)11-6-5-7-13(16-4)10(11)3/h5-7,9,12H,8H2,1-4H3/t12-/m1/s1. The average Bonchev–Trinajstić information content (AvgIpc) is 2.78. The van der Waals surface area contributed by atoms with Crippen LogP contribution in [0.15, 0.2) is 23.2 Å². The van der Waals surface area contributed by atoms with Crippen LogP contribution < -0.4 is 4.74 Å². The van der Waals surface area contributed by atoms with Crippen molar-refractivity contribution in [2.45, 2.75) is 26.8 Å². The average molecular weight is 233 g/mol. The molecule has 0 bridgehead atoms. The first-order chi connectivity index (χ1) is 8.13. The van der Waals surface area contributed by atoms with Crippen LogP contribution in [0.4, 0.5) is 0 Å². The van der Waals surface area contributed by atoms with Crippen molar-refractivity contribution in [3.63, 3.8) is 0 Å². The number of aliphatic imine (C=N–C) groups is 1. The van der Waals surface area contributed by atoms with Gasteiger partial charge in [0, 0.05) is 11.1 Å². The van der Waals surface area contributed by atoms with Gasteiger partial charge in [-0.1, -0.05) is 19.9 Å². The Morgan fingerprint density at radius 2 is 2.18 bits per heavy atom. The van der Waals surface area contributed by atoms with E-state index in [1.165, 1.54) is 0 Å². The fraction of sp³-hybridized carbons (Fsp3) is 0.500. The summed E-state index contributed by atoms with van der Waals surface area (Å²) in [5.41, 5.74) is 2.12. The Labute approximate surface area is 102 Å². The van der Waals surface area contributed by atoms with E-state index in [1.807, 2.05) is 25.1 Å². The van der Waals surface area contributed by atoms with Crippen molar-refractivity contribution in [2.75, 3.05) is 13.7 Å². The van der Waals surface area contributed by atoms with Crippen LogP contribution in [0.3, 0.4) is 0 Å². The van der Waals surface area contributed by atoms with Gasteiger partial charge in [-0.15, -0.1) is 0 Å². The van der Waals surface area contributed by atoms with Crippen molar-refractivity contribution < 1.29 is 9.47 Å². The Kier molecular flexibility index (Phi) is 3.36. The molecule has 0 aromatic heterocycles. The third kappa shape index (κ3) is 2.28. The minimum absolute atomic E-state index is 0.274. The van der Waals surface area contributed by atoms with Crippen molar-refractivity contribution in [3.05, 3.63) is 29.3 Å². The fourth-order valence-corrected chi connectivity index (χ4v) is 1.95. The molecule has 2 rings (SSSR count). The molecule has 0 spiro atoms. The molecule has 92 valence electrons. The summed E-state index contributed by atoms with van der Waals surface area (Å²) in [6.07, 6.45) is 0. The molecule has 3 nitrogen and oxygen atoms in total. The lowest BCUT2D eigenvalue weighted by Gasteiger charge is -2.09. The first-order valence-corrected chi connectivity index (χ1v) is 5.98. The number of benzene rings is 1. The maximum atomic E-state index is 5.69. The van der Waals surface area contributed by atoms with Crippen LogP contribution in [-0.4, -0.2) is 25.7 Å². The molecule has 0 fully saturated rings. The summed E-state index contributed by atoms with van der Waals surface area (Å²) in [6.45, 7) is 7.05. The van der Waals surface area contributed by atoms with Crippen LogP contribution in [0.5, 0.6) is 5.75 Å². The summed E-state index contributed by atoms with van der Waals surface area (Å²) in [7, 11) is 1.68. The van der Waals surface area contributed by atoms with Gasteiger partial charge < -0.3 is 9.47 Å². The van der Waals surface area contributed by atoms with Gasteiger partial charge in [0.15, 0.2) is 0 Å². The summed E-state index contributed by atoms with van der Waals surface area (Å²) in [5, 5.41) is 0. The molecular formula is C14H19NO2. The number of methoxy groups -OCH3 is 1. The minimum Gasteiger partial charge on any atom is -0.496 e. The van der Waals surface area contributed by atoms with E-state index in [2.05, 4.69) is 18.8 Å². The van der Waals surface area contributed by atoms with E-state index in [4.69, 9.17) is 9.47 Å². The Hall–Kier alpha value is -1.51. The van der Waals surface area contributed by atoms with Gasteiger partial charge in [0.1, 0.15) is 12.4 Å². The molecule has 1 heterocycles. The van der Waals surface area contributed by atoms with Gasteiger partial charge in [-0.3, -0.25) is 0 Å². The van der Waals surface area contributed by atoms with Crippen LogP contribution in [0.1, 0.15) is 25.0 Å². The quantitative estimate of drug-likeness (QED) is 0.803. The summed E-state index contributed by atoms with van der Waals surface area (Å²) >= 11 is 0. The van der Waals surface area contributed by atoms with Gasteiger partial charge in [0.2, 0.25) is 5.90 Å². The second-order valence-corrected chi connectivity index (χ2v) is 4.69. The zero-order chi connectivity index (χ0) is 12.4. The van der Waals surface area contributed by atoms with Crippen molar-refractivity contribution in [1.82, 2.24) is 0 Å². The molecular weight excluding hydrogens is 214 g/mol. The highest BCUT2D eigenvalue weighted by Crippen LogP contribution is 2.25. The van der Waals surface area contributed by atoms with E-state index in [0.29, 0.717) is 12.5 Å². The van der Waals surface area contributed by atoms with E-state index < -0.39 is 0 Å². The Morgan fingerprint density at radius 3 is 2.76 bits per heavy atom. The molecule has 0 saturated carbocycles. The van der Waals surface area contributed by atoms with Gasteiger partial charge in [-0.2, -0.15) is 0 Å². The summed E-state index contributed by atoms with van der Waals surface area (Å²) in [6, 6.07) is 6.22. The van der Waals surface area contributed by atoms with Gasteiger partial charge >= 0.3 is 0 Å². The van der Waals surface area contributed by atoms with E-state index in [0.717, 1.165) is 22.8 Å². The monoisotopic (exact) mass is 233 g/mol. The van der Waals surface area contributed by atoms with Crippen LogP contribution in [0, 0.1) is 12.8 Å². The molecule has 0 radical (unpaired) electrons. The lowest BCUT2D eigenvalue weighted by atomic mass is 10.1. The van der Waals surface area contributed by atoms with E-state index in [-0.39, 0.29) is 6.04 Å². The number of nitrogens with zero attached hydrogens (tertiary/aromatic N) is 1. The van der Waals surface area contributed by atoms with Crippen molar-refractivity contribution in [3.8, 4) is 5.75 Å². The number of hydrogen-bond donors (Lipinski definition) is 0. The molecule has 3 heteroatoms. The molecule has 0 N–H and O–H groups in total. The second-order valence-electron chi connectivity index (χ2n) is 4.69. The second kappa shape index (κ2) is 4.78. The molecule has 0 saturated heterocycles. The van der Waals surface area contributed by atoms with E-state index >= 15 is 0 Å². The molecule has 0 aliphatic carbocycles. The summed E-state index contributed by atoms with van der Waals surface area (Å²) in [4.78, 5) is 4.63. The van der Waals surface area contributed by atoms with E-state index in [9.17, 15) is 0 Å². The molecule has 1 atom stereocenters.